The summed E-state index contributed by atoms with van der Waals surface area (Å²) in [5.41, 5.74) is 2.70. The first-order valence-corrected chi connectivity index (χ1v) is 7.52. The van der Waals surface area contributed by atoms with Crippen molar-refractivity contribution in [3.8, 4) is 0 Å². The molecule has 0 aliphatic carbocycles. The van der Waals surface area contributed by atoms with Crippen LogP contribution in [0.4, 0.5) is 5.82 Å². The molecule has 0 radical (unpaired) electrons. The van der Waals surface area contributed by atoms with Crippen LogP contribution in [-0.4, -0.2) is 21.9 Å². The molecule has 23 heavy (non-hydrogen) atoms. The Balaban J connectivity index is 1.60. The second-order valence-electron chi connectivity index (χ2n) is 5.31. The maximum Gasteiger partial charge on any atom is 0.242 e. The lowest BCUT2D eigenvalue weighted by atomic mass is 10.2. The van der Waals surface area contributed by atoms with Gasteiger partial charge in [0.05, 0.1) is 17.2 Å². The molecule has 1 amide bonds. The van der Waals surface area contributed by atoms with E-state index in [0.717, 1.165) is 16.6 Å². The van der Waals surface area contributed by atoms with Crippen molar-refractivity contribution in [3.63, 3.8) is 0 Å². The summed E-state index contributed by atoms with van der Waals surface area (Å²) in [6.07, 6.45) is 1.64. The van der Waals surface area contributed by atoms with Crippen LogP contribution in [-0.2, 0) is 11.3 Å². The van der Waals surface area contributed by atoms with Crippen molar-refractivity contribution in [3.05, 3.63) is 66.4 Å². The second-order valence-corrected chi connectivity index (χ2v) is 5.31. The minimum atomic E-state index is -0.394. The summed E-state index contributed by atoms with van der Waals surface area (Å²) >= 11 is 0. The largest absolute Gasteiger partial charge is 0.357 e. The number of aromatic nitrogens is 2. The molecule has 116 valence electrons. The number of rotatable bonds is 5. The smallest absolute Gasteiger partial charge is 0.242 e. The molecule has 0 fully saturated rings. The molecule has 2 N–H and O–H groups in total. The fourth-order valence-electron chi connectivity index (χ4n) is 2.25. The van der Waals surface area contributed by atoms with E-state index in [1.807, 2.05) is 54.6 Å². The molecule has 1 atom stereocenters. The van der Waals surface area contributed by atoms with Gasteiger partial charge in [0.15, 0.2) is 0 Å². The van der Waals surface area contributed by atoms with Crippen molar-refractivity contribution in [1.29, 1.82) is 0 Å². The Hall–Kier alpha value is -2.95. The molecule has 0 saturated carbocycles. The Morgan fingerprint density at radius 3 is 2.52 bits per heavy atom. The molecule has 0 spiro atoms. The predicted octanol–water partition coefficient (Wildman–Crippen LogP) is 2.75. The number of hydrogen-bond acceptors (Lipinski definition) is 4. The third-order valence-electron chi connectivity index (χ3n) is 3.52. The summed E-state index contributed by atoms with van der Waals surface area (Å²) in [5, 5.41) is 5.99. The highest BCUT2D eigenvalue weighted by Crippen LogP contribution is 2.12. The molecule has 1 unspecified atom stereocenters. The summed E-state index contributed by atoms with van der Waals surface area (Å²) < 4.78 is 0. The van der Waals surface area contributed by atoms with Crippen molar-refractivity contribution < 1.29 is 4.79 Å². The van der Waals surface area contributed by atoms with Crippen LogP contribution in [0.1, 0.15) is 12.5 Å². The van der Waals surface area contributed by atoms with Crippen molar-refractivity contribution in [2.75, 3.05) is 5.32 Å². The van der Waals surface area contributed by atoms with Crippen molar-refractivity contribution in [1.82, 2.24) is 15.3 Å². The van der Waals surface area contributed by atoms with Gasteiger partial charge in [0, 0.05) is 6.54 Å². The monoisotopic (exact) mass is 306 g/mol. The lowest BCUT2D eigenvalue weighted by Crippen LogP contribution is -2.37. The molecule has 5 heteroatoms. The number of para-hydroxylation sites is 2. The first-order valence-electron chi connectivity index (χ1n) is 7.52. The van der Waals surface area contributed by atoms with E-state index in [1.165, 1.54) is 0 Å². The molecular weight excluding hydrogens is 288 g/mol. The summed E-state index contributed by atoms with van der Waals surface area (Å²) in [5.74, 6) is 0.509. The van der Waals surface area contributed by atoms with E-state index in [0.29, 0.717) is 12.4 Å². The molecule has 2 aromatic carbocycles. The summed E-state index contributed by atoms with van der Waals surface area (Å²) in [6, 6.07) is 17.1. The fourth-order valence-corrected chi connectivity index (χ4v) is 2.25. The number of nitrogens with zero attached hydrogens (tertiary/aromatic N) is 2. The van der Waals surface area contributed by atoms with Gasteiger partial charge in [-0.25, -0.2) is 4.98 Å². The maximum absolute atomic E-state index is 12.2. The molecule has 1 heterocycles. The van der Waals surface area contributed by atoms with Crippen LogP contribution >= 0.6 is 0 Å². The van der Waals surface area contributed by atoms with Gasteiger partial charge in [-0.15, -0.1) is 0 Å². The van der Waals surface area contributed by atoms with Crippen molar-refractivity contribution in [2.45, 2.75) is 19.5 Å². The highest BCUT2D eigenvalue weighted by Gasteiger charge is 2.13. The van der Waals surface area contributed by atoms with Gasteiger partial charge in [-0.05, 0) is 24.6 Å². The summed E-state index contributed by atoms with van der Waals surface area (Å²) in [4.78, 5) is 21.0. The van der Waals surface area contributed by atoms with Gasteiger partial charge in [-0.2, -0.15) is 0 Å². The van der Waals surface area contributed by atoms with Crippen molar-refractivity contribution in [2.24, 2.45) is 0 Å². The second kappa shape index (κ2) is 6.87. The van der Waals surface area contributed by atoms with Crippen LogP contribution in [0.2, 0.25) is 0 Å². The number of amides is 1. The molecule has 5 nitrogen and oxygen atoms in total. The van der Waals surface area contributed by atoms with Gasteiger partial charge >= 0.3 is 0 Å². The third kappa shape index (κ3) is 3.83. The van der Waals surface area contributed by atoms with E-state index in [2.05, 4.69) is 20.6 Å². The Morgan fingerprint density at radius 1 is 1.04 bits per heavy atom. The molecule has 1 aromatic heterocycles. The standard InChI is InChI=1S/C18H18N4O/c1-13(18(23)20-11-14-7-3-2-4-8-14)21-17-12-19-15-9-5-6-10-16(15)22-17/h2-10,12-13H,11H2,1H3,(H,20,23)(H,21,22). The molecule has 0 aliphatic rings. The van der Waals surface area contributed by atoms with Crippen molar-refractivity contribution >= 4 is 22.8 Å². The van der Waals surface area contributed by atoms with Gasteiger partial charge in [0.1, 0.15) is 11.9 Å². The Morgan fingerprint density at radius 2 is 1.74 bits per heavy atom. The van der Waals surface area contributed by atoms with E-state index < -0.39 is 6.04 Å². The first kappa shape index (κ1) is 15.0. The van der Waals surface area contributed by atoms with E-state index in [9.17, 15) is 4.79 Å². The van der Waals surface area contributed by atoms with Gasteiger partial charge < -0.3 is 10.6 Å². The average Bonchev–Trinajstić information content (AvgIpc) is 2.60. The number of nitrogens with one attached hydrogen (secondary N) is 2. The number of anilines is 1. The Bertz CT molecular complexity index is 804. The quantitative estimate of drug-likeness (QED) is 0.760. The number of hydrogen-bond donors (Lipinski definition) is 2. The van der Waals surface area contributed by atoms with Crippen LogP contribution in [0.3, 0.4) is 0 Å². The van der Waals surface area contributed by atoms with Gasteiger partial charge in [-0.1, -0.05) is 42.5 Å². The Labute approximate surface area is 134 Å². The fraction of sp³-hybridized carbons (Fsp3) is 0.167. The zero-order valence-electron chi connectivity index (χ0n) is 12.9. The molecular formula is C18H18N4O. The molecule has 3 rings (SSSR count). The molecule has 0 aliphatic heterocycles. The van der Waals surface area contributed by atoms with E-state index in [-0.39, 0.29) is 5.91 Å². The van der Waals surface area contributed by atoms with E-state index in [1.54, 1.807) is 13.1 Å². The van der Waals surface area contributed by atoms with Gasteiger partial charge in [0.2, 0.25) is 5.91 Å². The summed E-state index contributed by atoms with van der Waals surface area (Å²) in [7, 11) is 0. The molecule has 0 bridgehead atoms. The topological polar surface area (TPSA) is 66.9 Å². The van der Waals surface area contributed by atoms with Crippen LogP contribution in [0, 0.1) is 0 Å². The summed E-state index contributed by atoms with van der Waals surface area (Å²) in [6.45, 7) is 2.31. The molecule has 3 aromatic rings. The zero-order chi connectivity index (χ0) is 16.1. The highest BCUT2D eigenvalue weighted by molar-refractivity contribution is 5.84. The van der Waals surface area contributed by atoms with Gasteiger partial charge in [0.25, 0.3) is 0 Å². The maximum atomic E-state index is 12.2. The van der Waals surface area contributed by atoms with Crippen LogP contribution in [0.5, 0.6) is 0 Å². The lowest BCUT2D eigenvalue weighted by molar-refractivity contribution is -0.121. The van der Waals surface area contributed by atoms with E-state index in [4.69, 9.17) is 0 Å². The predicted molar refractivity (Wildman–Crippen MR) is 90.9 cm³/mol. The van der Waals surface area contributed by atoms with Crippen LogP contribution < -0.4 is 10.6 Å². The third-order valence-corrected chi connectivity index (χ3v) is 3.52. The van der Waals surface area contributed by atoms with Crippen LogP contribution in [0.15, 0.2) is 60.8 Å². The highest BCUT2D eigenvalue weighted by atomic mass is 16.2. The lowest BCUT2D eigenvalue weighted by Gasteiger charge is -2.14. The first-order chi connectivity index (χ1) is 11.2. The van der Waals surface area contributed by atoms with Gasteiger partial charge in [-0.3, -0.25) is 9.78 Å². The Kier molecular flexibility index (Phi) is 4.47. The zero-order valence-corrected chi connectivity index (χ0v) is 12.9. The average molecular weight is 306 g/mol. The number of benzene rings is 2. The number of carbonyl (C=O) groups is 1. The van der Waals surface area contributed by atoms with E-state index >= 15 is 0 Å². The molecule has 0 saturated heterocycles. The number of fused-ring (bicyclic) bond motifs is 1. The minimum Gasteiger partial charge on any atom is -0.357 e. The number of carbonyl (C=O) groups excluding carboxylic acids is 1. The van der Waals surface area contributed by atoms with Crippen LogP contribution in [0.25, 0.3) is 11.0 Å². The normalized spacial score (nSPS) is 11.9. The minimum absolute atomic E-state index is 0.0798. The SMILES string of the molecule is CC(Nc1cnc2ccccc2n1)C(=O)NCc1ccccc1.